The summed E-state index contributed by atoms with van der Waals surface area (Å²) in [6, 6.07) is 8.93. The molecule has 1 amide bonds. The van der Waals surface area contributed by atoms with Gasteiger partial charge in [0, 0.05) is 7.05 Å². The Bertz CT molecular complexity index is 596. The van der Waals surface area contributed by atoms with Crippen molar-refractivity contribution in [1.29, 1.82) is 5.26 Å². The third-order valence-corrected chi connectivity index (χ3v) is 2.16. The van der Waals surface area contributed by atoms with E-state index in [1.165, 1.54) is 18.1 Å². The Labute approximate surface area is 97.5 Å². The molecule has 0 aliphatic rings. The average molecular weight is 227 g/mol. The van der Waals surface area contributed by atoms with Crippen molar-refractivity contribution < 1.29 is 4.79 Å². The molecule has 1 aromatic heterocycles. The second-order valence-electron chi connectivity index (χ2n) is 3.25. The predicted octanol–water partition coefficient (Wildman–Crippen LogP) is 0.499. The number of amides is 1. The molecular weight excluding hydrogens is 218 g/mol. The van der Waals surface area contributed by atoms with Gasteiger partial charge in [-0.15, -0.1) is 5.10 Å². The summed E-state index contributed by atoms with van der Waals surface area (Å²) in [4.78, 5) is 15.2. The molecule has 1 N–H and O–H groups in total. The molecule has 0 atom stereocenters. The number of hydrogen-bond donors (Lipinski definition) is 1. The van der Waals surface area contributed by atoms with Crippen molar-refractivity contribution in [3.8, 4) is 11.8 Å². The summed E-state index contributed by atoms with van der Waals surface area (Å²) >= 11 is 0. The highest BCUT2D eigenvalue weighted by Gasteiger charge is 2.09. The maximum Gasteiger partial charge on any atom is 0.290 e. The topological polar surface area (TPSA) is 83.6 Å². The highest BCUT2D eigenvalue weighted by atomic mass is 16.2. The van der Waals surface area contributed by atoms with Crippen molar-refractivity contribution in [3.05, 3.63) is 42.0 Å². The number of nitriles is 1. The first-order valence-electron chi connectivity index (χ1n) is 4.89. The van der Waals surface area contributed by atoms with Gasteiger partial charge in [0.1, 0.15) is 6.33 Å². The first kappa shape index (κ1) is 10.8. The summed E-state index contributed by atoms with van der Waals surface area (Å²) in [6.45, 7) is 0. The molecule has 6 heteroatoms. The van der Waals surface area contributed by atoms with E-state index in [0.29, 0.717) is 11.3 Å². The number of aromatic nitrogens is 3. The summed E-state index contributed by atoms with van der Waals surface area (Å²) in [5, 5.41) is 15.2. The van der Waals surface area contributed by atoms with E-state index in [4.69, 9.17) is 5.26 Å². The van der Waals surface area contributed by atoms with Crippen LogP contribution in [-0.4, -0.2) is 27.7 Å². The smallest absolute Gasteiger partial charge is 0.290 e. The number of nitrogens with one attached hydrogen (secondary N) is 1. The van der Waals surface area contributed by atoms with E-state index >= 15 is 0 Å². The van der Waals surface area contributed by atoms with Gasteiger partial charge in [0.15, 0.2) is 0 Å². The van der Waals surface area contributed by atoms with E-state index in [-0.39, 0.29) is 11.7 Å². The fourth-order valence-electron chi connectivity index (χ4n) is 1.32. The van der Waals surface area contributed by atoms with Crippen LogP contribution < -0.4 is 5.32 Å². The SMILES string of the molecule is CNC(=O)c1ncn(-c2cccc(C#N)c2)n1. The Hall–Kier alpha value is -2.68. The van der Waals surface area contributed by atoms with Gasteiger partial charge < -0.3 is 5.32 Å². The van der Waals surface area contributed by atoms with Gasteiger partial charge in [-0.3, -0.25) is 4.79 Å². The van der Waals surface area contributed by atoms with Crippen LogP contribution in [-0.2, 0) is 0 Å². The zero-order chi connectivity index (χ0) is 12.3. The van der Waals surface area contributed by atoms with Crippen molar-refractivity contribution in [2.24, 2.45) is 0 Å². The van der Waals surface area contributed by atoms with Crippen LogP contribution in [0.5, 0.6) is 0 Å². The van der Waals surface area contributed by atoms with Gasteiger partial charge in [-0.25, -0.2) is 9.67 Å². The summed E-state index contributed by atoms with van der Waals surface area (Å²) in [5.41, 5.74) is 1.21. The lowest BCUT2D eigenvalue weighted by Gasteiger charge is -1.99. The van der Waals surface area contributed by atoms with Crippen LogP contribution in [0, 0.1) is 11.3 Å². The molecule has 2 aromatic rings. The van der Waals surface area contributed by atoms with Gasteiger partial charge in [0.25, 0.3) is 5.91 Å². The molecule has 1 heterocycles. The molecule has 17 heavy (non-hydrogen) atoms. The van der Waals surface area contributed by atoms with E-state index in [0.717, 1.165) is 0 Å². The fourth-order valence-corrected chi connectivity index (χ4v) is 1.32. The van der Waals surface area contributed by atoms with Crippen molar-refractivity contribution in [1.82, 2.24) is 20.1 Å². The predicted molar refractivity (Wildman–Crippen MR) is 59.5 cm³/mol. The highest BCUT2D eigenvalue weighted by Crippen LogP contribution is 2.08. The molecular formula is C11H9N5O. The van der Waals surface area contributed by atoms with E-state index < -0.39 is 0 Å². The zero-order valence-electron chi connectivity index (χ0n) is 9.08. The van der Waals surface area contributed by atoms with E-state index in [2.05, 4.69) is 15.4 Å². The van der Waals surface area contributed by atoms with Crippen LogP contribution >= 0.6 is 0 Å². The number of benzene rings is 1. The zero-order valence-corrected chi connectivity index (χ0v) is 9.08. The van der Waals surface area contributed by atoms with Gasteiger partial charge in [0.2, 0.25) is 5.82 Å². The van der Waals surface area contributed by atoms with Crippen molar-refractivity contribution in [2.45, 2.75) is 0 Å². The monoisotopic (exact) mass is 227 g/mol. The standard InChI is InChI=1S/C11H9N5O/c1-13-11(17)10-14-7-16(15-10)9-4-2-3-8(5-9)6-12/h2-5,7H,1H3,(H,13,17). The molecule has 84 valence electrons. The molecule has 0 aliphatic heterocycles. The number of carbonyl (C=O) groups is 1. The maximum absolute atomic E-state index is 11.3. The van der Waals surface area contributed by atoms with Crippen molar-refractivity contribution in [2.75, 3.05) is 7.05 Å². The van der Waals surface area contributed by atoms with E-state index in [1.54, 1.807) is 24.3 Å². The lowest BCUT2D eigenvalue weighted by molar-refractivity contribution is 0.0953. The van der Waals surface area contributed by atoms with Crippen molar-refractivity contribution in [3.63, 3.8) is 0 Å². The minimum atomic E-state index is -0.347. The van der Waals surface area contributed by atoms with Crippen LogP contribution in [0.4, 0.5) is 0 Å². The number of hydrogen-bond acceptors (Lipinski definition) is 4. The van der Waals surface area contributed by atoms with Gasteiger partial charge in [-0.1, -0.05) is 6.07 Å². The molecule has 6 nitrogen and oxygen atoms in total. The molecule has 0 radical (unpaired) electrons. The number of nitrogens with zero attached hydrogens (tertiary/aromatic N) is 4. The lowest BCUT2D eigenvalue weighted by atomic mass is 10.2. The quantitative estimate of drug-likeness (QED) is 0.809. The Balaban J connectivity index is 2.37. The van der Waals surface area contributed by atoms with Crippen molar-refractivity contribution >= 4 is 5.91 Å². The van der Waals surface area contributed by atoms with E-state index in [1.807, 2.05) is 6.07 Å². The summed E-state index contributed by atoms with van der Waals surface area (Å²) in [5.74, 6) is -0.255. The first-order valence-corrected chi connectivity index (χ1v) is 4.89. The maximum atomic E-state index is 11.3. The molecule has 2 rings (SSSR count). The first-order chi connectivity index (χ1) is 8.24. The molecule has 0 fully saturated rings. The molecule has 0 saturated heterocycles. The molecule has 0 bridgehead atoms. The lowest BCUT2D eigenvalue weighted by Crippen LogP contribution is -2.19. The van der Waals surface area contributed by atoms with Crippen LogP contribution in [0.15, 0.2) is 30.6 Å². The summed E-state index contributed by atoms with van der Waals surface area (Å²) < 4.78 is 1.45. The second kappa shape index (κ2) is 4.45. The largest absolute Gasteiger partial charge is 0.352 e. The molecule has 1 aromatic carbocycles. The highest BCUT2D eigenvalue weighted by molar-refractivity contribution is 5.89. The van der Waals surface area contributed by atoms with Crippen LogP contribution in [0.2, 0.25) is 0 Å². The Morgan fingerprint density at radius 2 is 2.35 bits per heavy atom. The summed E-state index contributed by atoms with van der Waals surface area (Å²) in [6.07, 6.45) is 1.43. The van der Waals surface area contributed by atoms with Gasteiger partial charge in [0.05, 0.1) is 17.3 Å². The average Bonchev–Trinajstić information content (AvgIpc) is 2.87. The minimum Gasteiger partial charge on any atom is -0.352 e. The number of rotatable bonds is 2. The minimum absolute atomic E-state index is 0.0925. The fraction of sp³-hybridized carbons (Fsp3) is 0.0909. The van der Waals surface area contributed by atoms with Gasteiger partial charge >= 0.3 is 0 Å². The van der Waals surface area contributed by atoms with Gasteiger partial charge in [-0.2, -0.15) is 5.26 Å². The van der Waals surface area contributed by atoms with Crippen LogP contribution in [0.3, 0.4) is 0 Å². The Morgan fingerprint density at radius 1 is 1.53 bits per heavy atom. The van der Waals surface area contributed by atoms with Gasteiger partial charge in [-0.05, 0) is 18.2 Å². The molecule has 0 aliphatic carbocycles. The molecule has 0 unspecified atom stereocenters. The molecule has 0 spiro atoms. The number of carbonyl (C=O) groups excluding carboxylic acids is 1. The van der Waals surface area contributed by atoms with E-state index in [9.17, 15) is 4.79 Å². The summed E-state index contributed by atoms with van der Waals surface area (Å²) in [7, 11) is 1.51. The van der Waals surface area contributed by atoms with Crippen LogP contribution in [0.25, 0.3) is 5.69 Å². The Kier molecular flexibility index (Phi) is 2.83. The normalized spacial score (nSPS) is 9.65. The third kappa shape index (κ3) is 2.13. The second-order valence-corrected chi connectivity index (χ2v) is 3.25. The third-order valence-electron chi connectivity index (χ3n) is 2.16. The van der Waals surface area contributed by atoms with Crippen LogP contribution in [0.1, 0.15) is 16.2 Å². The Morgan fingerprint density at radius 3 is 3.06 bits per heavy atom. The molecule has 0 saturated carbocycles.